The van der Waals surface area contributed by atoms with E-state index in [9.17, 15) is 34.2 Å². The van der Waals surface area contributed by atoms with Gasteiger partial charge in [-0.1, -0.05) is 24.3 Å². The standard InChI is InChI=1S/C35H41N7O7S2/c36-30(45)27-19-50-17-22-18-51-35(37-22)42-14-2-4-29(42)34(49)41-13-1-3-28(41)33(48)39-26(16-21-7-11-24(44)12-8-21)31(46)38-25(32(47)40-27)15-20-5-9-23(43)10-6-20/h5-12,18,25-29,43-44H,1-4,13-17,19H2,(H2,36,45)(H,38,46)(H,39,48)(H,40,47)/t25-,26-,27-,28-,29-/m0/s1. The molecular formula is C35H41N7O7S2. The van der Waals surface area contributed by atoms with Crippen LogP contribution in [0.4, 0.5) is 5.13 Å². The fourth-order valence-corrected chi connectivity index (χ4v) is 8.65. The number of nitrogens with zero attached hydrogens (tertiary/aromatic N) is 3. The van der Waals surface area contributed by atoms with Crippen molar-refractivity contribution < 1.29 is 34.2 Å². The lowest BCUT2D eigenvalue weighted by Gasteiger charge is -2.32. The van der Waals surface area contributed by atoms with Crippen LogP contribution in [0.25, 0.3) is 0 Å². The molecule has 3 aliphatic heterocycles. The Morgan fingerprint density at radius 2 is 1.33 bits per heavy atom. The van der Waals surface area contributed by atoms with Gasteiger partial charge in [0, 0.05) is 42.8 Å². The van der Waals surface area contributed by atoms with E-state index >= 15 is 0 Å². The topological polar surface area (TPSA) is 207 Å². The highest BCUT2D eigenvalue weighted by molar-refractivity contribution is 7.98. The summed E-state index contributed by atoms with van der Waals surface area (Å²) in [6.45, 7) is 1.06. The summed E-state index contributed by atoms with van der Waals surface area (Å²) < 4.78 is 0. The SMILES string of the molecule is NC(=O)[C@@H]1CSCc2csc(n2)N2CCC[C@H]2C(=O)N2CCC[C@H]2C(=O)N[C@@H](Cc2ccc(O)cc2)C(=O)N[C@@H](Cc2ccc(O)cc2)C(=O)N1. The minimum absolute atomic E-state index is 0.000742. The lowest BCUT2D eigenvalue weighted by atomic mass is 10.0. The van der Waals surface area contributed by atoms with E-state index in [4.69, 9.17) is 10.7 Å². The van der Waals surface area contributed by atoms with Gasteiger partial charge in [0.25, 0.3) is 0 Å². The molecule has 4 heterocycles. The fourth-order valence-electron chi connectivity index (χ4n) is 6.68. The van der Waals surface area contributed by atoms with Crippen LogP contribution in [0, 0.1) is 0 Å². The highest BCUT2D eigenvalue weighted by atomic mass is 32.2. The van der Waals surface area contributed by atoms with Crippen LogP contribution in [0.3, 0.4) is 0 Å². The monoisotopic (exact) mass is 735 g/mol. The third-order valence-corrected chi connectivity index (χ3v) is 11.4. The molecule has 0 aliphatic carbocycles. The van der Waals surface area contributed by atoms with Crippen molar-refractivity contribution in [1.82, 2.24) is 25.8 Å². The number of thiazole rings is 1. The van der Waals surface area contributed by atoms with Crippen LogP contribution in [0.2, 0.25) is 0 Å². The number of carbonyl (C=O) groups is 5. The zero-order valence-electron chi connectivity index (χ0n) is 27.8. The molecule has 5 amide bonds. The van der Waals surface area contributed by atoms with Gasteiger partial charge in [-0.25, -0.2) is 4.98 Å². The van der Waals surface area contributed by atoms with Gasteiger partial charge in [-0.3, -0.25) is 24.0 Å². The summed E-state index contributed by atoms with van der Waals surface area (Å²) in [5.74, 6) is -2.06. The molecule has 270 valence electrons. The first-order chi connectivity index (χ1) is 24.5. The number of anilines is 1. The zero-order valence-corrected chi connectivity index (χ0v) is 29.5. The summed E-state index contributed by atoms with van der Waals surface area (Å²) in [5, 5.41) is 30.6. The highest BCUT2D eigenvalue weighted by Crippen LogP contribution is 2.32. The number of phenols is 2. The van der Waals surface area contributed by atoms with E-state index in [1.165, 1.54) is 47.4 Å². The molecule has 6 rings (SSSR count). The average Bonchev–Trinajstić information content (AvgIpc) is 3.90. The molecule has 51 heavy (non-hydrogen) atoms. The van der Waals surface area contributed by atoms with Gasteiger partial charge in [0.2, 0.25) is 29.5 Å². The molecule has 0 saturated carbocycles. The Hall–Kier alpha value is -4.83. The number of aromatic nitrogens is 1. The number of amides is 5. The zero-order chi connectivity index (χ0) is 36.1. The van der Waals surface area contributed by atoms with Crippen molar-refractivity contribution in [1.29, 1.82) is 0 Å². The molecule has 2 bridgehead atoms. The number of thioether (sulfide) groups is 1. The van der Waals surface area contributed by atoms with E-state index in [1.54, 1.807) is 29.2 Å². The lowest BCUT2D eigenvalue weighted by molar-refractivity contribution is -0.140. The minimum Gasteiger partial charge on any atom is -0.508 e. The largest absolute Gasteiger partial charge is 0.508 e. The summed E-state index contributed by atoms with van der Waals surface area (Å²) in [6, 6.07) is 7.66. The number of rotatable bonds is 5. The summed E-state index contributed by atoms with van der Waals surface area (Å²) in [5.41, 5.74) is 7.73. The maximum Gasteiger partial charge on any atom is 0.246 e. The van der Waals surface area contributed by atoms with Gasteiger partial charge in [0.05, 0.1) is 5.69 Å². The quantitative estimate of drug-likeness (QED) is 0.221. The Morgan fingerprint density at radius 3 is 1.94 bits per heavy atom. The second-order valence-corrected chi connectivity index (χ2v) is 14.9. The van der Waals surface area contributed by atoms with Crippen LogP contribution in [0.5, 0.6) is 11.5 Å². The lowest BCUT2D eigenvalue weighted by Crippen LogP contribution is -2.59. The molecule has 1 aromatic heterocycles. The number of carbonyl (C=O) groups excluding carboxylic acids is 5. The van der Waals surface area contributed by atoms with Gasteiger partial charge in [-0.15, -0.1) is 11.3 Å². The molecular weight excluding hydrogens is 695 g/mol. The van der Waals surface area contributed by atoms with Crippen LogP contribution in [-0.2, 0) is 42.6 Å². The molecule has 3 aliphatic rings. The first-order valence-corrected chi connectivity index (χ1v) is 18.9. The molecule has 2 fully saturated rings. The van der Waals surface area contributed by atoms with Crippen molar-refractivity contribution in [3.05, 3.63) is 70.7 Å². The van der Waals surface area contributed by atoms with E-state index in [0.29, 0.717) is 54.4 Å². The molecule has 7 N–H and O–H groups in total. The maximum absolute atomic E-state index is 14.1. The number of nitrogens with one attached hydrogen (secondary N) is 3. The summed E-state index contributed by atoms with van der Waals surface area (Å²) in [4.78, 5) is 76.9. The van der Waals surface area contributed by atoms with E-state index in [2.05, 4.69) is 16.0 Å². The smallest absolute Gasteiger partial charge is 0.246 e. The summed E-state index contributed by atoms with van der Waals surface area (Å²) in [7, 11) is 0. The summed E-state index contributed by atoms with van der Waals surface area (Å²) >= 11 is 2.80. The average molecular weight is 736 g/mol. The van der Waals surface area contributed by atoms with E-state index in [-0.39, 0.29) is 36.0 Å². The van der Waals surface area contributed by atoms with Crippen LogP contribution in [0.15, 0.2) is 53.9 Å². The Bertz CT molecular complexity index is 1750. The van der Waals surface area contributed by atoms with E-state index in [1.807, 2.05) is 10.3 Å². The molecule has 5 atom stereocenters. The Balaban J connectivity index is 1.33. The molecule has 0 radical (unpaired) electrons. The Labute approximate surface area is 303 Å². The normalized spacial score (nSPS) is 25.0. The number of hydrogen-bond donors (Lipinski definition) is 6. The second kappa shape index (κ2) is 16.0. The van der Waals surface area contributed by atoms with Gasteiger partial charge >= 0.3 is 0 Å². The number of nitrogens with two attached hydrogens (primary N) is 1. The van der Waals surface area contributed by atoms with Crippen molar-refractivity contribution in [3.63, 3.8) is 0 Å². The third-order valence-electron chi connectivity index (χ3n) is 9.37. The van der Waals surface area contributed by atoms with Crippen LogP contribution < -0.4 is 26.6 Å². The number of fused-ring (bicyclic) bond motifs is 5. The Morgan fingerprint density at radius 1 is 0.784 bits per heavy atom. The van der Waals surface area contributed by atoms with Crippen molar-refractivity contribution in [3.8, 4) is 11.5 Å². The van der Waals surface area contributed by atoms with Gasteiger partial charge in [0.15, 0.2) is 5.13 Å². The van der Waals surface area contributed by atoms with E-state index in [0.717, 1.165) is 12.1 Å². The second-order valence-electron chi connectivity index (χ2n) is 13.0. The van der Waals surface area contributed by atoms with Crippen LogP contribution in [0.1, 0.15) is 42.5 Å². The van der Waals surface area contributed by atoms with Crippen molar-refractivity contribution in [2.45, 2.75) is 74.5 Å². The molecule has 0 spiro atoms. The minimum atomic E-state index is -1.20. The van der Waals surface area contributed by atoms with Gasteiger partial charge in [-0.2, -0.15) is 11.8 Å². The van der Waals surface area contributed by atoms with Gasteiger partial charge in [0.1, 0.15) is 41.7 Å². The number of benzene rings is 2. The van der Waals surface area contributed by atoms with Crippen molar-refractivity contribution >= 4 is 57.8 Å². The number of aromatic hydroxyl groups is 2. The predicted molar refractivity (Wildman–Crippen MR) is 192 cm³/mol. The fraction of sp³-hybridized carbons (Fsp3) is 0.429. The van der Waals surface area contributed by atoms with Crippen LogP contribution >= 0.6 is 23.1 Å². The van der Waals surface area contributed by atoms with Crippen LogP contribution in [-0.4, -0.2) is 98.7 Å². The predicted octanol–water partition coefficient (Wildman–Crippen LogP) is 1.19. The molecule has 3 aromatic rings. The molecule has 2 aromatic carbocycles. The van der Waals surface area contributed by atoms with Gasteiger partial charge in [-0.05, 0) is 61.1 Å². The Kier molecular flexibility index (Phi) is 11.3. The first-order valence-electron chi connectivity index (χ1n) is 16.9. The molecule has 2 saturated heterocycles. The number of phenolic OH excluding ortho intramolecular Hbond substituents is 2. The number of primary amides is 1. The number of hydrogen-bond acceptors (Lipinski definition) is 11. The van der Waals surface area contributed by atoms with Crippen molar-refractivity contribution in [2.24, 2.45) is 5.73 Å². The molecule has 0 unspecified atom stereocenters. The van der Waals surface area contributed by atoms with Crippen molar-refractivity contribution in [2.75, 3.05) is 23.7 Å². The van der Waals surface area contributed by atoms with E-state index < -0.39 is 53.8 Å². The highest BCUT2D eigenvalue weighted by Gasteiger charge is 2.42. The molecule has 16 heteroatoms. The summed E-state index contributed by atoms with van der Waals surface area (Å²) in [6.07, 6.45) is 2.50. The maximum atomic E-state index is 14.1. The first kappa shape index (κ1) is 36.0. The van der Waals surface area contributed by atoms with Gasteiger partial charge < -0.3 is 41.7 Å². The third kappa shape index (κ3) is 8.73. The molecule has 14 nitrogen and oxygen atoms in total.